The summed E-state index contributed by atoms with van der Waals surface area (Å²) in [6, 6.07) is -1.14. The second-order valence-electron chi connectivity index (χ2n) is 4.49. The lowest BCUT2D eigenvalue weighted by molar-refractivity contribution is -0.125. The average molecular weight is 313 g/mol. The molecule has 0 radical (unpaired) electrons. The van der Waals surface area contributed by atoms with Crippen molar-refractivity contribution in [3.8, 4) is 12.3 Å². The van der Waals surface area contributed by atoms with Gasteiger partial charge in [-0.25, -0.2) is 0 Å². The Kier molecular flexibility index (Phi) is 5.76. The van der Waals surface area contributed by atoms with Gasteiger partial charge >= 0.3 is 0 Å². The highest BCUT2D eigenvalue weighted by molar-refractivity contribution is 6.34. The number of aliphatic hydroxyl groups excluding tert-OH is 1. The third kappa shape index (κ3) is 3.97. The molecule has 0 aliphatic heterocycles. The number of aryl methyl sites for hydroxylation is 2. The first kappa shape index (κ1) is 17.0. The summed E-state index contributed by atoms with van der Waals surface area (Å²) in [6.45, 7) is 3.05. The minimum absolute atomic E-state index is 0.00347. The minimum Gasteiger partial charge on any atom is -0.391 e. The molecule has 2 atom stereocenters. The van der Waals surface area contributed by atoms with Crippen LogP contribution in [-0.4, -0.2) is 45.4 Å². The molecule has 1 aromatic rings. The Balaban J connectivity index is 2.92. The first-order valence-electron chi connectivity index (χ1n) is 6.18. The monoisotopic (exact) mass is 312 g/mol. The lowest BCUT2D eigenvalue weighted by Crippen LogP contribution is -2.52. The van der Waals surface area contributed by atoms with Crippen molar-refractivity contribution in [1.82, 2.24) is 20.4 Å². The number of carbonyl (C=O) groups is 2. The molecular weight excluding hydrogens is 296 g/mol. The van der Waals surface area contributed by atoms with Gasteiger partial charge in [0.1, 0.15) is 11.7 Å². The number of halogens is 1. The van der Waals surface area contributed by atoms with E-state index in [-0.39, 0.29) is 17.3 Å². The molecule has 1 rings (SSSR count). The largest absolute Gasteiger partial charge is 0.391 e. The molecule has 0 spiro atoms. The second-order valence-corrected chi connectivity index (χ2v) is 4.86. The zero-order valence-corrected chi connectivity index (χ0v) is 12.7. The molecule has 0 fully saturated rings. The molecule has 0 saturated carbocycles. The SMILES string of the molecule is C#CCNC(=O)[C@@H](NC(=O)c1c(Cl)c(C)nn1C)[C@@H](C)O. The summed E-state index contributed by atoms with van der Waals surface area (Å²) < 4.78 is 1.31. The molecule has 1 heterocycles. The van der Waals surface area contributed by atoms with E-state index in [4.69, 9.17) is 18.0 Å². The Hall–Kier alpha value is -2.04. The highest BCUT2D eigenvalue weighted by Crippen LogP contribution is 2.19. The fourth-order valence-corrected chi connectivity index (χ4v) is 1.99. The summed E-state index contributed by atoms with van der Waals surface area (Å²) in [5.74, 6) is 1.05. The van der Waals surface area contributed by atoms with Crippen molar-refractivity contribution in [3.63, 3.8) is 0 Å². The average Bonchev–Trinajstić information content (AvgIpc) is 2.66. The Labute approximate surface area is 127 Å². The first-order chi connectivity index (χ1) is 9.79. The number of nitrogens with zero attached hydrogens (tertiary/aromatic N) is 2. The number of carbonyl (C=O) groups excluding carboxylic acids is 2. The van der Waals surface area contributed by atoms with Gasteiger partial charge in [-0.2, -0.15) is 5.10 Å². The number of hydrogen-bond acceptors (Lipinski definition) is 4. The van der Waals surface area contributed by atoms with E-state index in [1.165, 1.54) is 11.6 Å². The zero-order valence-electron chi connectivity index (χ0n) is 12.0. The van der Waals surface area contributed by atoms with Crippen LogP contribution in [0.5, 0.6) is 0 Å². The predicted molar refractivity (Wildman–Crippen MR) is 77.7 cm³/mol. The van der Waals surface area contributed by atoms with E-state index in [9.17, 15) is 14.7 Å². The van der Waals surface area contributed by atoms with Crippen LogP contribution in [0.4, 0.5) is 0 Å². The van der Waals surface area contributed by atoms with Crippen molar-refractivity contribution in [2.45, 2.75) is 26.0 Å². The maximum absolute atomic E-state index is 12.2. The Morgan fingerprint density at radius 2 is 2.19 bits per heavy atom. The molecule has 0 aliphatic rings. The van der Waals surface area contributed by atoms with Crippen LogP contribution < -0.4 is 10.6 Å². The predicted octanol–water partition coefficient (Wildman–Crippen LogP) is -0.389. The summed E-state index contributed by atoms with van der Waals surface area (Å²) >= 11 is 6.00. The molecule has 0 saturated heterocycles. The van der Waals surface area contributed by atoms with E-state index >= 15 is 0 Å². The summed E-state index contributed by atoms with van der Waals surface area (Å²) in [4.78, 5) is 24.1. The fourth-order valence-electron chi connectivity index (χ4n) is 1.74. The first-order valence-corrected chi connectivity index (χ1v) is 6.56. The van der Waals surface area contributed by atoms with Crippen LogP contribution in [0.25, 0.3) is 0 Å². The number of aliphatic hydroxyl groups is 1. The van der Waals surface area contributed by atoms with Crippen molar-refractivity contribution in [2.24, 2.45) is 7.05 Å². The standard InChI is InChI=1S/C13H17ClN4O3/c1-5-6-15-12(20)10(8(3)19)16-13(21)11-9(14)7(2)17-18(11)4/h1,8,10,19H,6H2,2-4H3,(H,15,20)(H,16,21)/t8-,10+/m1/s1. The summed E-state index contributed by atoms with van der Waals surface area (Å²) in [5.41, 5.74) is 0.610. The molecule has 8 heteroatoms. The highest BCUT2D eigenvalue weighted by atomic mass is 35.5. The van der Waals surface area contributed by atoms with Crippen LogP contribution in [0, 0.1) is 19.3 Å². The minimum atomic E-state index is -1.14. The van der Waals surface area contributed by atoms with Crippen LogP contribution >= 0.6 is 11.6 Å². The van der Waals surface area contributed by atoms with Gasteiger partial charge in [-0.05, 0) is 13.8 Å². The Morgan fingerprint density at radius 1 is 1.57 bits per heavy atom. The molecule has 114 valence electrons. The van der Waals surface area contributed by atoms with Gasteiger partial charge in [0.2, 0.25) is 5.91 Å². The zero-order chi connectivity index (χ0) is 16.2. The van der Waals surface area contributed by atoms with E-state index in [0.29, 0.717) is 5.69 Å². The van der Waals surface area contributed by atoms with E-state index in [2.05, 4.69) is 21.7 Å². The molecule has 0 aliphatic carbocycles. The number of amides is 2. The summed E-state index contributed by atoms with van der Waals surface area (Å²) in [6.07, 6.45) is 3.95. The van der Waals surface area contributed by atoms with E-state index in [0.717, 1.165) is 0 Å². The van der Waals surface area contributed by atoms with Crippen molar-refractivity contribution >= 4 is 23.4 Å². The molecular formula is C13H17ClN4O3. The Morgan fingerprint density at radius 3 is 2.62 bits per heavy atom. The maximum Gasteiger partial charge on any atom is 0.271 e. The lowest BCUT2D eigenvalue weighted by atomic mass is 10.1. The third-order valence-electron chi connectivity index (χ3n) is 2.78. The topological polar surface area (TPSA) is 96.3 Å². The second kappa shape index (κ2) is 7.11. The van der Waals surface area contributed by atoms with Gasteiger partial charge in [0.05, 0.1) is 23.4 Å². The van der Waals surface area contributed by atoms with Gasteiger partial charge in [-0.15, -0.1) is 6.42 Å². The van der Waals surface area contributed by atoms with Crippen LogP contribution in [0.3, 0.4) is 0 Å². The lowest BCUT2D eigenvalue weighted by Gasteiger charge is -2.20. The van der Waals surface area contributed by atoms with E-state index < -0.39 is 24.0 Å². The van der Waals surface area contributed by atoms with Gasteiger partial charge in [0.25, 0.3) is 5.91 Å². The van der Waals surface area contributed by atoms with E-state index in [1.54, 1.807) is 14.0 Å². The molecule has 0 aromatic carbocycles. The van der Waals surface area contributed by atoms with Gasteiger partial charge in [-0.3, -0.25) is 14.3 Å². The van der Waals surface area contributed by atoms with E-state index in [1.807, 2.05) is 0 Å². The quantitative estimate of drug-likeness (QED) is 0.645. The number of aromatic nitrogens is 2. The molecule has 3 N–H and O–H groups in total. The highest BCUT2D eigenvalue weighted by Gasteiger charge is 2.28. The van der Waals surface area contributed by atoms with Gasteiger partial charge < -0.3 is 15.7 Å². The van der Waals surface area contributed by atoms with Gasteiger partial charge in [0, 0.05) is 7.05 Å². The van der Waals surface area contributed by atoms with Crippen molar-refractivity contribution < 1.29 is 14.7 Å². The van der Waals surface area contributed by atoms with Crippen molar-refractivity contribution in [1.29, 1.82) is 0 Å². The van der Waals surface area contributed by atoms with Crippen LogP contribution in [0.15, 0.2) is 0 Å². The molecule has 1 aromatic heterocycles. The van der Waals surface area contributed by atoms with Crippen LogP contribution in [-0.2, 0) is 11.8 Å². The molecule has 0 unspecified atom stereocenters. The molecule has 7 nitrogen and oxygen atoms in total. The van der Waals surface area contributed by atoms with Crippen molar-refractivity contribution in [2.75, 3.05) is 6.54 Å². The number of terminal acetylenes is 1. The summed E-state index contributed by atoms with van der Waals surface area (Å²) in [7, 11) is 1.56. The smallest absolute Gasteiger partial charge is 0.271 e. The number of rotatable bonds is 5. The van der Waals surface area contributed by atoms with Crippen LogP contribution in [0.2, 0.25) is 5.02 Å². The van der Waals surface area contributed by atoms with Crippen molar-refractivity contribution in [3.05, 3.63) is 16.4 Å². The summed E-state index contributed by atoms with van der Waals surface area (Å²) in [5, 5.41) is 18.7. The number of nitrogens with one attached hydrogen (secondary N) is 2. The third-order valence-corrected chi connectivity index (χ3v) is 3.23. The fraction of sp³-hybridized carbons (Fsp3) is 0.462. The van der Waals surface area contributed by atoms with Gasteiger partial charge in [-0.1, -0.05) is 17.5 Å². The Bertz CT molecular complexity index is 589. The normalized spacial score (nSPS) is 13.1. The molecule has 21 heavy (non-hydrogen) atoms. The number of hydrogen-bond donors (Lipinski definition) is 3. The molecule has 0 bridgehead atoms. The van der Waals surface area contributed by atoms with Gasteiger partial charge in [0.15, 0.2) is 0 Å². The van der Waals surface area contributed by atoms with Crippen LogP contribution in [0.1, 0.15) is 23.1 Å². The molecule has 2 amide bonds. The maximum atomic E-state index is 12.2.